The average molecular weight is 475 g/mol. The normalized spacial score (nSPS) is 15.5. The Morgan fingerprint density at radius 3 is 2.41 bits per heavy atom. The highest BCUT2D eigenvalue weighted by atomic mass is 35.5. The molecule has 0 amide bonds. The van der Waals surface area contributed by atoms with Gasteiger partial charge in [0.1, 0.15) is 4.90 Å². The van der Waals surface area contributed by atoms with Crippen LogP contribution in [0.1, 0.15) is 23.8 Å². The summed E-state index contributed by atoms with van der Waals surface area (Å²) in [6.45, 7) is 3.38. The lowest BCUT2D eigenvalue weighted by molar-refractivity contribution is 0.0520. The first-order chi connectivity index (χ1) is 15.4. The highest BCUT2D eigenvalue weighted by molar-refractivity contribution is 7.89. The first-order valence-electron chi connectivity index (χ1n) is 10.4. The van der Waals surface area contributed by atoms with Gasteiger partial charge in [-0.2, -0.15) is 4.31 Å². The van der Waals surface area contributed by atoms with Gasteiger partial charge < -0.3 is 9.64 Å². The van der Waals surface area contributed by atoms with Crippen LogP contribution >= 0.6 is 11.6 Å². The van der Waals surface area contributed by atoms with Crippen LogP contribution in [0, 0.1) is 0 Å². The van der Waals surface area contributed by atoms with E-state index in [2.05, 4.69) is 9.97 Å². The van der Waals surface area contributed by atoms with Crippen LogP contribution in [0.2, 0.25) is 5.02 Å². The molecule has 2 heterocycles. The molecule has 8 nitrogen and oxygen atoms in total. The number of benzene rings is 2. The van der Waals surface area contributed by atoms with Gasteiger partial charge in [-0.05, 0) is 37.6 Å². The van der Waals surface area contributed by atoms with Gasteiger partial charge >= 0.3 is 5.97 Å². The number of carbonyl (C=O) groups excluding carboxylic acids is 1. The SMILES string of the molecule is CCOC(=O)c1nc2ccccc2nc1N1CCCN(S(=O)(=O)c2ccccc2Cl)CC1. The minimum absolute atomic E-state index is 0.0906. The molecule has 1 saturated heterocycles. The van der Waals surface area contributed by atoms with Crippen molar-refractivity contribution in [3.63, 3.8) is 0 Å². The van der Waals surface area contributed by atoms with Crippen molar-refractivity contribution in [1.82, 2.24) is 14.3 Å². The fourth-order valence-electron chi connectivity index (χ4n) is 3.69. The van der Waals surface area contributed by atoms with Crippen molar-refractivity contribution in [1.29, 1.82) is 0 Å². The number of fused-ring (bicyclic) bond motifs is 1. The average Bonchev–Trinajstić information content (AvgIpc) is 3.05. The van der Waals surface area contributed by atoms with E-state index in [9.17, 15) is 13.2 Å². The lowest BCUT2D eigenvalue weighted by atomic mass is 10.2. The van der Waals surface area contributed by atoms with Crippen LogP contribution in [-0.2, 0) is 14.8 Å². The molecule has 0 N–H and O–H groups in total. The Morgan fingerprint density at radius 2 is 1.69 bits per heavy atom. The van der Waals surface area contributed by atoms with Crippen molar-refractivity contribution in [2.75, 3.05) is 37.7 Å². The van der Waals surface area contributed by atoms with Gasteiger partial charge in [0, 0.05) is 26.2 Å². The number of hydrogen-bond acceptors (Lipinski definition) is 7. The fourth-order valence-corrected chi connectivity index (χ4v) is 5.65. The molecule has 1 aromatic heterocycles. The van der Waals surface area contributed by atoms with E-state index in [4.69, 9.17) is 16.3 Å². The number of rotatable bonds is 5. The molecule has 1 aliphatic heterocycles. The van der Waals surface area contributed by atoms with Crippen LogP contribution in [0.5, 0.6) is 0 Å². The first kappa shape index (κ1) is 22.4. The minimum atomic E-state index is -3.74. The Hall–Kier alpha value is -2.75. The Labute approximate surface area is 191 Å². The zero-order valence-corrected chi connectivity index (χ0v) is 19.1. The van der Waals surface area contributed by atoms with Gasteiger partial charge in [-0.3, -0.25) is 0 Å². The largest absolute Gasteiger partial charge is 0.461 e. The van der Waals surface area contributed by atoms with Crippen molar-refractivity contribution in [2.24, 2.45) is 0 Å². The van der Waals surface area contributed by atoms with Crippen LogP contribution in [0.3, 0.4) is 0 Å². The summed E-state index contributed by atoms with van der Waals surface area (Å²) in [6.07, 6.45) is 0.556. The van der Waals surface area contributed by atoms with Gasteiger partial charge in [-0.25, -0.2) is 23.2 Å². The summed E-state index contributed by atoms with van der Waals surface area (Å²) in [7, 11) is -3.74. The molecule has 1 fully saturated rings. The van der Waals surface area contributed by atoms with E-state index >= 15 is 0 Å². The molecule has 0 spiro atoms. The van der Waals surface area contributed by atoms with Gasteiger partial charge in [-0.15, -0.1) is 0 Å². The maximum Gasteiger partial charge on any atom is 0.360 e. The molecule has 0 bridgehead atoms. The Balaban J connectivity index is 1.65. The molecule has 0 atom stereocenters. The van der Waals surface area contributed by atoms with Crippen LogP contribution in [0.15, 0.2) is 53.4 Å². The van der Waals surface area contributed by atoms with Gasteiger partial charge in [0.05, 0.1) is 22.7 Å². The Kier molecular flexibility index (Phi) is 6.59. The minimum Gasteiger partial charge on any atom is -0.461 e. The van der Waals surface area contributed by atoms with E-state index in [1.807, 2.05) is 23.1 Å². The second kappa shape index (κ2) is 9.40. The zero-order chi connectivity index (χ0) is 22.7. The van der Waals surface area contributed by atoms with Gasteiger partial charge in [0.15, 0.2) is 11.5 Å². The van der Waals surface area contributed by atoms with Gasteiger partial charge in [-0.1, -0.05) is 35.9 Å². The fraction of sp³-hybridized carbons (Fsp3) is 0.318. The highest BCUT2D eigenvalue weighted by Crippen LogP contribution is 2.27. The maximum absolute atomic E-state index is 13.2. The molecule has 2 aromatic carbocycles. The lowest BCUT2D eigenvalue weighted by Crippen LogP contribution is -2.36. The lowest BCUT2D eigenvalue weighted by Gasteiger charge is -2.24. The predicted molar refractivity (Wildman–Crippen MR) is 123 cm³/mol. The van der Waals surface area contributed by atoms with Gasteiger partial charge in [0.25, 0.3) is 0 Å². The van der Waals surface area contributed by atoms with Gasteiger partial charge in [0.2, 0.25) is 10.0 Å². The summed E-state index contributed by atoms with van der Waals surface area (Å²) >= 11 is 6.15. The molecule has 4 rings (SSSR count). The van der Waals surface area contributed by atoms with E-state index in [0.717, 1.165) is 0 Å². The zero-order valence-electron chi connectivity index (χ0n) is 17.6. The molecular formula is C22H23ClN4O4S. The number of carbonyl (C=O) groups is 1. The molecule has 32 heavy (non-hydrogen) atoms. The van der Waals surface area contributed by atoms with Crippen molar-refractivity contribution >= 4 is 44.4 Å². The number of aromatic nitrogens is 2. The number of hydrogen-bond donors (Lipinski definition) is 0. The third kappa shape index (κ3) is 4.41. The summed E-state index contributed by atoms with van der Waals surface area (Å²) in [5.74, 6) is -0.148. The smallest absolute Gasteiger partial charge is 0.360 e. The number of halogens is 1. The number of ether oxygens (including phenoxy) is 1. The maximum atomic E-state index is 13.2. The number of nitrogens with zero attached hydrogens (tertiary/aromatic N) is 4. The summed E-state index contributed by atoms with van der Waals surface area (Å²) in [6, 6.07) is 13.7. The monoisotopic (exact) mass is 474 g/mol. The summed E-state index contributed by atoms with van der Waals surface area (Å²) in [5.41, 5.74) is 1.38. The van der Waals surface area contributed by atoms with E-state index in [0.29, 0.717) is 42.9 Å². The van der Waals surface area contributed by atoms with Crippen molar-refractivity contribution < 1.29 is 17.9 Å². The number of anilines is 1. The quantitative estimate of drug-likeness (QED) is 0.523. The van der Waals surface area contributed by atoms with Crippen LogP contribution < -0.4 is 4.90 Å². The van der Waals surface area contributed by atoms with Crippen LogP contribution in [0.4, 0.5) is 5.82 Å². The summed E-state index contributed by atoms with van der Waals surface area (Å²) in [4.78, 5) is 23.8. The third-order valence-electron chi connectivity index (χ3n) is 5.23. The van der Waals surface area contributed by atoms with E-state index in [-0.39, 0.29) is 28.8 Å². The topological polar surface area (TPSA) is 92.7 Å². The summed E-state index contributed by atoms with van der Waals surface area (Å²) < 4.78 is 32.9. The Morgan fingerprint density at radius 1 is 1.00 bits per heavy atom. The van der Waals surface area contributed by atoms with Crippen LogP contribution in [0.25, 0.3) is 11.0 Å². The summed E-state index contributed by atoms with van der Waals surface area (Å²) in [5, 5.41) is 0.193. The highest BCUT2D eigenvalue weighted by Gasteiger charge is 2.30. The Bertz CT molecular complexity index is 1250. The molecule has 0 unspecified atom stereocenters. The predicted octanol–water partition coefficient (Wildman–Crippen LogP) is 3.36. The second-order valence-corrected chi connectivity index (χ2v) is 9.59. The number of para-hydroxylation sites is 2. The van der Waals surface area contributed by atoms with E-state index in [1.165, 1.54) is 10.4 Å². The van der Waals surface area contributed by atoms with E-state index in [1.54, 1.807) is 31.2 Å². The third-order valence-corrected chi connectivity index (χ3v) is 7.63. The molecule has 10 heteroatoms. The molecule has 0 saturated carbocycles. The van der Waals surface area contributed by atoms with Crippen molar-refractivity contribution in [2.45, 2.75) is 18.2 Å². The molecule has 3 aromatic rings. The van der Waals surface area contributed by atoms with Crippen molar-refractivity contribution in [3.8, 4) is 0 Å². The molecule has 0 radical (unpaired) electrons. The second-order valence-electron chi connectivity index (χ2n) is 7.28. The molecule has 0 aliphatic carbocycles. The standard InChI is InChI=1S/C22H23ClN4O4S/c1-2-31-22(28)20-21(25-18-10-5-4-9-17(18)24-20)26-12-7-13-27(15-14-26)32(29,30)19-11-6-3-8-16(19)23/h3-6,8-11H,2,7,12-15H2,1H3. The van der Waals surface area contributed by atoms with E-state index < -0.39 is 16.0 Å². The molecule has 168 valence electrons. The molecule has 1 aliphatic rings. The first-order valence-corrected chi connectivity index (χ1v) is 12.2. The number of sulfonamides is 1. The molecular weight excluding hydrogens is 452 g/mol. The number of esters is 1. The van der Waals surface area contributed by atoms with Crippen molar-refractivity contribution in [3.05, 3.63) is 59.2 Å². The van der Waals surface area contributed by atoms with Crippen LogP contribution in [-0.4, -0.2) is 61.4 Å².